The van der Waals surface area contributed by atoms with Crippen molar-refractivity contribution in [1.82, 2.24) is 10.6 Å². The Hall–Kier alpha value is -1.92. The molecule has 6 heteroatoms. The third-order valence-corrected chi connectivity index (χ3v) is 4.00. The van der Waals surface area contributed by atoms with Gasteiger partial charge in [-0.25, -0.2) is 4.79 Å². The van der Waals surface area contributed by atoms with E-state index in [1.165, 1.54) is 0 Å². The van der Waals surface area contributed by atoms with E-state index in [9.17, 15) is 9.59 Å². The summed E-state index contributed by atoms with van der Waals surface area (Å²) in [4.78, 5) is 23.7. The van der Waals surface area contributed by atoms with Crippen LogP contribution in [0.15, 0.2) is 30.3 Å². The number of aliphatic hydroxyl groups is 1. The summed E-state index contributed by atoms with van der Waals surface area (Å²) in [6.45, 7) is 0.766. The molecule has 0 radical (unpaired) electrons. The lowest BCUT2D eigenvalue weighted by Crippen LogP contribution is -2.55. The zero-order valence-corrected chi connectivity index (χ0v) is 11.7. The lowest BCUT2D eigenvalue weighted by Gasteiger charge is -2.37. The number of carbonyl (C=O) groups is 2. The molecule has 0 aliphatic carbocycles. The normalized spacial score (nSPS) is 18.7. The number of hydrogen-bond donors (Lipinski definition) is 4. The number of benzene rings is 1. The van der Waals surface area contributed by atoms with Crippen molar-refractivity contribution in [1.29, 1.82) is 0 Å². The second-order valence-electron chi connectivity index (χ2n) is 5.24. The highest BCUT2D eigenvalue weighted by Gasteiger charge is 2.42. The summed E-state index contributed by atoms with van der Waals surface area (Å²) in [6.07, 6.45) is 1.20. The minimum Gasteiger partial charge on any atom is -0.480 e. The van der Waals surface area contributed by atoms with Crippen LogP contribution in [0, 0.1) is 0 Å². The summed E-state index contributed by atoms with van der Waals surface area (Å²) < 4.78 is 0. The van der Waals surface area contributed by atoms with E-state index in [0.717, 1.165) is 5.56 Å². The second kappa shape index (κ2) is 6.69. The molecule has 4 N–H and O–H groups in total. The molecule has 21 heavy (non-hydrogen) atoms. The van der Waals surface area contributed by atoms with Crippen molar-refractivity contribution >= 4 is 11.9 Å². The van der Waals surface area contributed by atoms with E-state index in [4.69, 9.17) is 10.2 Å². The first-order valence-corrected chi connectivity index (χ1v) is 7.01. The van der Waals surface area contributed by atoms with Crippen molar-refractivity contribution in [2.24, 2.45) is 0 Å². The van der Waals surface area contributed by atoms with Gasteiger partial charge in [0, 0.05) is 0 Å². The van der Waals surface area contributed by atoms with Crippen molar-refractivity contribution in [3.8, 4) is 0 Å². The van der Waals surface area contributed by atoms with Gasteiger partial charge in [-0.15, -0.1) is 0 Å². The first kappa shape index (κ1) is 15.5. The summed E-state index contributed by atoms with van der Waals surface area (Å²) >= 11 is 0. The molecule has 2 rings (SSSR count). The Kier molecular flexibility index (Phi) is 4.93. The van der Waals surface area contributed by atoms with Gasteiger partial charge in [-0.05, 0) is 31.5 Å². The van der Waals surface area contributed by atoms with Crippen molar-refractivity contribution in [2.75, 3.05) is 19.7 Å². The lowest BCUT2D eigenvalue weighted by atomic mass is 9.72. The van der Waals surface area contributed by atoms with E-state index < -0.39 is 24.0 Å². The van der Waals surface area contributed by atoms with Crippen molar-refractivity contribution in [3.05, 3.63) is 35.9 Å². The predicted octanol–water partition coefficient (Wildman–Crippen LogP) is -0.130. The van der Waals surface area contributed by atoms with Gasteiger partial charge in [0.05, 0.1) is 12.0 Å². The number of carbonyl (C=O) groups excluding carboxylic acids is 1. The van der Waals surface area contributed by atoms with E-state index in [0.29, 0.717) is 25.9 Å². The average molecular weight is 292 g/mol. The summed E-state index contributed by atoms with van der Waals surface area (Å²) in [5.41, 5.74) is 0.140. The van der Waals surface area contributed by atoms with Crippen LogP contribution in [0.4, 0.5) is 0 Å². The molecule has 1 heterocycles. The molecular weight excluding hydrogens is 272 g/mol. The van der Waals surface area contributed by atoms with Crippen LogP contribution in [0.5, 0.6) is 0 Å². The molecule has 1 fully saturated rings. The molecule has 1 aliphatic heterocycles. The van der Waals surface area contributed by atoms with Gasteiger partial charge in [0.25, 0.3) is 0 Å². The number of carboxylic acids is 1. The molecule has 1 aromatic carbocycles. The van der Waals surface area contributed by atoms with Gasteiger partial charge >= 0.3 is 5.97 Å². The van der Waals surface area contributed by atoms with Gasteiger partial charge in [-0.1, -0.05) is 30.3 Å². The van der Waals surface area contributed by atoms with Crippen LogP contribution in [0.2, 0.25) is 0 Å². The highest BCUT2D eigenvalue weighted by Crippen LogP contribution is 2.33. The number of carboxylic acid groups (broad SMARTS) is 1. The third kappa shape index (κ3) is 3.22. The summed E-state index contributed by atoms with van der Waals surface area (Å²) in [7, 11) is 0. The molecule has 0 unspecified atom stereocenters. The van der Waals surface area contributed by atoms with Crippen LogP contribution in [0.1, 0.15) is 18.4 Å². The SMILES string of the molecule is O=C(O)[C@@H](CO)NC(=O)C1(c2ccccc2)CCNCC1. The molecule has 1 aliphatic rings. The summed E-state index contributed by atoms with van der Waals surface area (Å²) in [5.74, 6) is -1.57. The number of rotatable bonds is 5. The topological polar surface area (TPSA) is 98.7 Å². The first-order chi connectivity index (χ1) is 10.1. The van der Waals surface area contributed by atoms with Gasteiger partial charge in [0.1, 0.15) is 6.04 Å². The van der Waals surface area contributed by atoms with Crippen LogP contribution in [0.3, 0.4) is 0 Å². The molecule has 0 aromatic heterocycles. The monoisotopic (exact) mass is 292 g/mol. The zero-order chi connectivity index (χ0) is 15.3. The quantitative estimate of drug-likeness (QED) is 0.606. The first-order valence-electron chi connectivity index (χ1n) is 7.01. The van der Waals surface area contributed by atoms with Crippen LogP contribution in [0.25, 0.3) is 0 Å². The standard InChI is InChI=1S/C15H20N2O4/c18-10-12(13(19)20)17-14(21)15(6-8-16-9-7-15)11-4-2-1-3-5-11/h1-5,12,16,18H,6-10H2,(H,17,21)(H,19,20)/t12-/m1/s1. The molecular formula is C15H20N2O4. The largest absolute Gasteiger partial charge is 0.480 e. The Bertz CT molecular complexity index is 498. The molecule has 0 saturated carbocycles. The molecule has 0 spiro atoms. The fourth-order valence-corrected chi connectivity index (χ4v) is 2.74. The highest BCUT2D eigenvalue weighted by atomic mass is 16.4. The Morgan fingerprint density at radius 3 is 2.38 bits per heavy atom. The molecule has 1 saturated heterocycles. The second-order valence-corrected chi connectivity index (χ2v) is 5.24. The number of nitrogens with one attached hydrogen (secondary N) is 2. The number of hydrogen-bond acceptors (Lipinski definition) is 4. The minimum atomic E-state index is -1.27. The van der Waals surface area contributed by atoms with E-state index in [1.807, 2.05) is 30.3 Å². The van der Waals surface area contributed by atoms with E-state index in [2.05, 4.69) is 10.6 Å². The smallest absolute Gasteiger partial charge is 0.328 e. The molecule has 1 aromatic rings. The van der Waals surface area contributed by atoms with Crippen molar-refractivity contribution < 1.29 is 19.8 Å². The molecule has 0 bridgehead atoms. The minimum absolute atomic E-state index is 0.336. The van der Waals surface area contributed by atoms with E-state index in [1.54, 1.807) is 0 Å². The van der Waals surface area contributed by atoms with Crippen LogP contribution >= 0.6 is 0 Å². The Morgan fingerprint density at radius 2 is 1.86 bits per heavy atom. The highest BCUT2D eigenvalue weighted by molar-refractivity contribution is 5.91. The van der Waals surface area contributed by atoms with Crippen molar-refractivity contribution in [3.63, 3.8) is 0 Å². The van der Waals surface area contributed by atoms with Crippen LogP contribution < -0.4 is 10.6 Å². The fraction of sp³-hybridized carbons (Fsp3) is 0.467. The zero-order valence-electron chi connectivity index (χ0n) is 11.7. The van der Waals surface area contributed by atoms with E-state index >= 15 is 0 Å². The lowest BCUT2D eigenvalue weighted by molar-refractivity contribution is -0.144. The maximum absolute atomic E-state index is 12.7. The molecule has 6 nitrogen and oxygen atoms in total. The van der Waals surface area contributed by atoms with Gasteiger partial charge in [-0.3, -0.25) is 4.79 Å². The molecule has 1 amide bonds. The Labute approximate surface area is 123 Å². The number of aliphatic hydroxyl groups excluding tert-OH is 1. The fourth-order valence-electron chi connectivity index (χ4n) is 2.74. The van der Waals surface area contributed by atoms with E-state index in [-0.39, 0.29) is 5.91 Å². The van der Waals surface area contributed by atoms with Gasteiger partial charge in [0.2, 0.25) is 5.91 Å². The summed E-state index contributed by atoms with van der Waals surface area (Å²) in [6, 6.07) is 8.12. The maximum atomic E-state index is 12.7. The van der Waals surface area contributed by atoms with Gasteiger partial charge < -0.3 is 20.8 Å². The van der Waals surface area contributed by atoms with Crippen molar-refractivity contribution in [2.45, 2.75) is 24.3 Å². The molecule has 114 valence electrons. The van der Waals surface area contributed by atoms with Crippen LogP contribution in [-0.4, -0.2) is 47.8 Å². The molecule has 1 atom stereocenters. The predicted molar refractivity (Wildman–Crippen MR) is 76.9 cm³/mol. The summed E-state index contributed by atoms with van der Waals surface area (Å²) in [5, 5.41) is 23.7. The Morgan fingerprint density at radius 1 is 1.24 bits per heavy atom. The number of aliphatic carboxylic acids is 1. The average Bonchev–Trinajstić information content (AvgIpc) is 2.53. The number of piperidine rings is 1. The third-order valence-electron chi connectivity index (χ3n) is 4.00. The maximum Gasteiger partial charge on any atom is 0.328 e. The Balaban J connectivity index is 2.28. The number of amides is 1. The van der Waals surface area contributed by atoms with Crippen LogP contribution in [-0.2, 0) is 15.0 Å². The van der Waals surface area contributed by atoms with Gasteiger partial charge in [-0.2, -0.15) is 0 Å². The van der Waals surface area contributed by atoms with Gasteiger partial charge in [0.15, 0.2) is 0 Å².